The van der Waals surface area contributed by atoms with Crippen LogP contribution in [0.25, 0.3) is 0 Å². The van der Waals surface area contributed by atoms with Crippen LogP contribution in [0.2, 0.25) is 5.02 Å². The molecule has 0 radical (unpaired) electrons. The zero-order valence-electron chi connectivity index (χ0n) is 9.13. The van der Waals surface area contributed by atoms with Crippen LogP contribution in [-0.4, -0.2) is 18.2 Å². The van der Waals surface area contributed by atoms with E-state index in [1.165, 1.54) is 11.8 Å². The Bertz CT molecular complexity index is 371. The third kappa shape index (κ3) is 4.33. The average molecular weight is 259 g/mol. The van der Waals surface area contributed by atoms with Crippen LogP contribution in [0.15, 0.2) is 23.1 Å². The van der Waals surface area contributed by atoms with Crippen molar-refractivity contribution in [2.24, 2.45) is 0 Å². The molecule has 0 saturated carbocycles. The highest BCUT2D eigenvalue weighted by Gasteiger charge is 2.03. The highest BCUT2D eigenvalue weighted by Crippen LogP contribution is 2.26. The smallest absolute Gasteiger partial charge is 0.230 e. The van der Waals surface area contributed by atoms with Crippen LogP contribution < -0.4 is 11.1 Å². The first kappa shape index (κ1) is 13.2. The van der Waals surface area contributed by atoms with E-state index in [0.717, 1.165) is 17.9 Å². The van der Waals surface area contributed by atoms with E-state index in [0.29, 0.717) is 16.5 Å². The van der Waals surface area contributed by atoms with Gasteiger partial charge in [-0.05, 0) is 24.6 Å². The Morgan fingerprint density at radius 2 is 2.31 bits per heavy atom. The Hall–Kier alpha value is -0.870. The maximum atomic E-state index is 11.3. The first-order valence-electron chi connectivity index (χ1n) is 5.08. The molecule has 0 aliphatic carbocycles. The second-order valence-electron chi connectivity index (χ2n) is 3.32. The quantitative estimate of drug-likeness (QED) is 0.630. The number of hydrogen-bond donors (Lipinski definition) is 2. The van der Waals surface area contributed by atoms with Gasteiger partial charge in [0.1, 0.15) is 0 Å². The van der Waals surface area contributed by atoms with E-state index in [1.54, 1.807) is 12.1 Å². The summed E-state index contributed by atoms with van der Waals surface area (Å²) >= 11 is 7.32. The number of hydrogen-bond acceptors (Lipinski definition) is 3. The molecular formula is C11H15ClN2OS. The van der Waals surface area contributed by atoms with Crippen LogP contribution in [0.5, 0.6) is 0 Å². The van der Waals surface area contributed by atoms with Gasteiger partial charge in [0.25, 0.3) is 0 Å². The molecule has 0 aliphatic rings. The molecule has 0 heterocycles. The Kier molecular flexibility index (Phi) is 5.49. The number of nitrogens with two attached hydrogens (primary N) is 1. The van der Waals surface area contributed by atoms with E-state index in [4.69, 9.17) is 17.3 Å². The Morgan fingerprint density at radius 3 is 2.94 bits per heavy atom. The molecule has 1 aromatic rings. The molecule has 3 nitrogen and oxygen atoms in total. The minimum absolute atomic E-state index is 0.0415. The first-order valence-corrected chi connectivity index (χ1v) is 6.44. The molecule has 0 aliphatic heterocycles. The van der Waals surface area contributed by atoms with Crippen molar-refractivity contribution in [3.63, 3.8) is 0 Å². The molecule has 1 amide bonds. The molecule has 0 saturated heterocycles. The molecule has 1 rings (SSSR count). The minimum Gasteiger partial charge on any atom is -0.398 e. The number of carbonyl (C=O) groups excluding carboxylic acids is 1. The largest absolute Gasteiger partial charge is 0.398 e. The van der Waals surface area contributed by atoms with Gasteiger partial charge < -0.3 is 11.1 Å². The molecule has 0 unspecified atom stereocenters. The fourth-order valence-corrected chi connectivity index (χ4v) is 2.07. The van der Waals surface area contributed by atoms with E-state index in [2.05, 4.69) is 5.32 Å². The van der Waals surface area contributed by atoms with Crippen molar-refractivity contribution in [3.05, 3.63) is 23.2 Å². The molecule has 0 atom stereocenters. The summed E-state index contributed by atoms with van der Waals surface area (Å²) in [5.41, 5.74) is 6.15. The normalized spacial score (nSPS) is 10.1. The lowest BCUT2D eigenvalue weighted by molar-refractivity contribution is -0.118. The van der Waals surface area contributed by atoms with Gasteiger partial charge in [0.15, 0.2) is 0 Å². The van der Waals surface area contributed by atoms with Gasteiger partial charge in [0.05, 0.1) is 16.5 Å². The molecule has 88 valence electrons. The summed E-state index contributed by atoms with van der Waals surface area (Å²) in [6, 6.07) is 5.38. The molecule has 1 aromatic carbocycles. The number of anilines is 1. The van der Waals surface area contributed by atoms with E-state index >= 15 is 0 Å². The first-order chi connectivity index (χ1) is 7.63. The lowest BCUT2D eigenvalue weighted by Gasteiger charge is -2.04. The summed E-state index contributed by atoms with van der Waals surface area (Å²) in [7, 11) is 0. The Morgan fingerprint density at radius 1 is 1.56 bits per heavy atom. The molecule has 0 aromatic heterocycles. The molecular weight excluding hydrogens is 244 g/mol. The predicted octanol–water partition coefficient (Wildman–Crippen LogP) is 2.54. The fourth-order valence-electron chi connectivity index (χ4n) is 1.06. The monoisotopic (exact) mass is 258 g/mol. The zero-order valence-corrected chi connectivity index (χ0v) is 10.7. The van der Waals surface area contributed by atoms with Crippen LogP contribution in [0, 0.1) is 0 Å². The van der Waals surface area contributed by atoms with Gasteiger partial charge in [-0.3, -0.25) is 4.79 Å². The zero-order chi connectivity index (χ0) is 12.0. The maximum Gasteiger partial charge on any atom is 0.230 e. The van der Waals surface area contributed by atoms with Crippen LogP contribution in [0.4, 0.5) is 5.69 Å². The van der Waals surface area contributed by atoms with Crippen molar-refractivity contribution in [2.75, 3.05) is 18.0 Å². The topological polar surface area (TPSA) is 55.1 Å². The van der Waals surface area contributed by atoms with E-state index in [1.807, 2.05) is 13.0 Å². The number of rotatable bonds is 5. The van der Waals surface area contributed by atoms with Gasteiger partial charge in [-0.2, -0.15) is 0 Å². The van der Waals surface area contributed by atoms with Crippen LogP contribution in [0.1, 0.15) is 13.3 Å². The third-order valence-electron chi connectivity index (χ3n) is 1.91. The number of amides is 1. The molecule has 0 spiro atoms. The molecule has 3 N–H and O–H groups in total. The van der Waals surface area contributed by atoms with Crippen molar-refractivity contribution >= 4 is 35.0 Å². The van der Waals surface area contributed by atoms with Crippen molar-refractivity contribution < 1.29 is 4.79 Å². The van der Waals surface area contributed by atoms with Gasteiger partial charge in [-0.15, -0.1) is 11.8 Å². The van der Waals surface area contributed by atoms with E-state index in [-0.39, 0.29) is 5.91 Å². The number of nitrogen functional groups attached to an aromatic ring is 1. The summed E-state index contributed by atoms with van der Waals surface area (Å²) < 4.78 is 0. The van der Waals surface area contributed by atoms with Gasteiger partial charge in [0.2, 0.25) is 5.91 Å². The number of thioether (sulfide) groups is 1. The van der Waals surface area contributed by atoms with Crippen LogP contribution in [-0.2, 0) is 4.79 Å². The second-order valence-corrected chi connectivity index (χ2v) is 4.78. The fraction of sp³-hybridized carbons (Fsp3) is 0.364. The summed E-state index contributed by atoms with van der Waals surface area (Å²) in [4.78, 5) is 12.3. The van der Waals surface area contributed by atoms with Gasteiger partial charge in [-0.1, -0.05) is 18.5 Å². The molecule has 5 heteroatoms. The molecule has 16 heavy (non-hydrogen) atoms. The lowest BCUT2D eigenvalue weighted by Crippen LogP contribution is -2.25. The summed E-state index contributed by atoms with van der Waals surface area (Å²) in [6.45, 7) is 2.75. The van der Waals surface area contributed by atoms with Gasteiger partial charge >= 0.3 is 0 Å². The van der Waals surface area contributed by atoms with E-state index < -0.39 is 0 Å². The summed E-state index contributed by atoms with van der Waals surface area (Å²) in [5.74, 6) is 0.445. The Balaban J connectivity index is 2.42. The van der Waals surface area contributed by atoms with E-state index in [9.17, 15) is 4.79 Å². The van der Waals surface area contributed by atoms with Crippen molar-refractivity contribution in [1.29, 1.82) is 0 Å². The summed E-state index contributed by atoms with van der Waals surface area (Å²) in [5, 5.41) is 3.34. The van der Waals surface area contributed by atoms with Crippen molar-refractivity contribution in [3.8, 4) is 0 Å². The Labute approximate surface area is 105 Å². The van der Waals surface area contributed by atoms with Gasteiger partial charge in [-0.25, -0.2) is 0 Å². The maximum absolute atomic E-state index is 11.3. The number of benzene rings is 1. The number of nitrogens with one attached hydrogen (secondary N) is 1. The molecule has 0 bridgehead atoms. The number of halogens is 1. The highest BCUT2D eigenvalue weighted by atomic mass is 35.5. The predicted molar refractivity (Wildman–Crippen MR) is 69.9 cm³/mol. The summed E-state index contributed by atoms with van der Waals surface area (Å²) in [6.07, 6.45) is 0.949. The van der Waals surface area contributed by atoms with Crippen molar-refractivity contribution in [2.45, 2.75) is 18.2 Å². The minimum atomic E-state index is 0.0415. The van der Waals surface area contributed by atoms with Crippen LogP contribution in [0.3, 0.4) is 0 Å². The van der Waals surface area contributed by atoms with Crippen LogP contribution >= 0.6 is 23.4 Å². The third-order valence-corrected chi connectivity index (χ3v) is 3.24. The van der Waals surface area contributed by atoms with Gasteiger partial charge in [0, 0.05) is 11.4 Å². The molecule has 0 fully saturated rings. The number of carbonyl (C=O) groups is 1. The SMILES string of the molecule is CCCNC(=O)CSc1ccc(N)c(Cl)c1. The average Bonchev–Trinajstić information content (AvgIpc) is 2.28. The second kappa shape index (κ2) is 6.66. The van der Waals surface area contributed by atoms with Crippen molar-refractivity contribution in [1.82, 2.24) is 5.32 Å². The highest BCUT2D eigenvalue weighted by molar-refractivity contribution is 8.00. The standard InChI is InChI=1S/C11H15ClN2OS/c1-2-5-14-11(15)7-16-8-3-4-10(13)9(12)6-8/h3-4,6H,2,5,7,13H2,1H3,(H,14,15). The lowest BCUT2D eigenvalue weighted by atomic mass is 10.3.